The molecule has 1 amide bonds. The van der Waals surface area contributed by atoms with Crippen molar-refractivity contribution in [3.63, 3.8) is 0 Å². The maximum Gasteiger partial charge on any atom is 0.253 e. The maximum absolute atomic E-state index is 12.7. The van der Waals surface area contributed by atoms with Crippen LogP contribution in [0.25, 0.3) is 0 Å². The molecule has 1 aliphatic rings. The molecule has 1 fully saturated rings. The second-order valence-corrected chi connectivity index (χ2v) is 6.91. The van der Waals surface area contributed by atoms with Crippen LogP contribution in [0.3, 0.4) is 0 Å². The van der Waals surface area contributed by atoms with E-state index in [4.69, 9.17) is 0 Å². The molecule has 5 heteroatoms. The van der Waals surface area contributed by atoms with Crippen LogP contribution in [0.1, 0.15) is 41.3 Å². The van der Waals surface area contributed by atoms with E-state index in [0.717, 1.165) is 43.9 Å². The molecule has 25 heavy (non-hydrogen) atoms. The summed E-state index contributed by atoms with van der Waals surface area (Å²) in [6.45, 7) is 8.24. The number of rotatable bonds is 4. The van der Waals surface area contributed by atoms with Gasteiger partial charge in [-0.05, 0) is 29.2 Å². The third-order valence-corrected chi connectivity index (χ3v) is 4.74. The molecule has 3 rings (SSSR count). The summed E-state index contributed by atoms with van der Waals surface area (Å²) in [4.78, 5) is 30.7. The van der Waals surface area contributed by atoms with Crippen LogP contribution in [-0.4, -0.2) is 46.9 Å². The third-order valence-electron chi connectivity index (χ3n) is 4.74. The molecule has 1 saturated heterocycles. The Bertz CT molecular complexity index is 752. The molecule has 5 nitrogen and oxygen atoms in total. The fourth-order valence-corrected chi connectivity index (χ4v) is 3.10. The van der Waals surface area contributed by atoms with Crippen LogP contribution in [0.5, 0.6) is 0 Å². The van der Waals surface area contributed by atoms with E-state index in [9.17, 15) is 9.59 Å². The zero-order valence-corrected chi connectivity index (χ0v) is 14.9. The lowest BCUT2D eigenvalue weighted by Gasteiger charge is -2.34. The predicted octanol–water partition coefficient (Wildman–Crippen LogP) is 2.46. The summed E-state index contributed by atoms with van der Waals surface area (Å²) in [7, 11) is 0. The third kappa shape index (κ3) is 4.37. The second-order valence-electron chi connectivity index (χ2n) is 6.91. The number of piperazine rings is 1. The first kappa shape index (κ1) is 17.4. The molecule has 0 bridgehead atoms. The van der Waals surface area contributed by atoms with E-state index in [1.165, 1.54) is 5.56 Å². The summed E-state index contributed by atoms with van der Waals surface area (Å²) < 4.78 is 0. The first-order valence-corrected chi connectivity index (χ1v) is 8.82. The average molecular weight is 339 g/mol. The van der Waals surface area contributed by atoms with Crippen molar-refractivity contribution >= 4 is 5.91 Å². The molecule has 1 aliphatic heterocycles. The van der Waals surface area contributed by atoms with Crippen molar-refractivity contribution in [1.82, 2.24) is 14.8 Å². The van der Waals surface area contributed by atoms with Crippen LogP contribution in [0, 0.1) is 0 Å². The van der Waals surface area contributed by atoms with Gasteiger partial charge < -0.3 is 9.88 Å². The van der Waals surface area contributed by atoms with Crippen molar-refractivity contribution in [2.75, 3.05) is 26.2 Å². The number of carbonyl (C=O) groups excluding carboxylic acids is 1. The molecule has 1 aromatic heterocycles. The molecule has 0 atom stereocenters. The topological polar surface area (TPSA) is 56.4 Å². The van der Waals surface area contributed by atoms with E-state index in [0.29, 0.717) is 5.92 Å². The van der Waals surface area contributed by atoms with E-state index in [-0.39, 0.29) is 11.5 Å². The summed E-state index contributed by atoms with van der Waals surface area (Å²) in [6, 6.07) is 11.4. The van der Waals surface area contributed by atoms with Gasteiger partial charge in [0.2, 0.25) is 5.56 Å². The van der Waals surface area contributed by atoms with Crippen molar-refractivity contribution < 1.29 is 4.79 Å². The van der Waals surface area contributed by atoms with E-state index in [1.54, 1.807) is 12.3 Å². The minimum absolute atomic E-state index is 0.0809. The molecule has 0 spiro atoms. The van der Waals surface area contributed by atoms with Crippen LogP contribution in [0.2, 0.25) is 0 Å². The minimum Gasteiger partial charge on any atom is -0.336 e. The molecule has 0 radical (unpaired) electrons. The van der Waals surface area contributed by atoms with E-state index in [2.05, 4.69) is 23.7 Å². The summed E-state index contributed by atoms with van der Waals surface area (Å²) in [5.74, 6) is 0.583. The standard InChI is InChI=1S/C20H25N3O2/c1-15(2)17-4-6-18(7-5-17)20(25)23-11-9-22(10-12-23)14-16-3-8-19(24)21-13-16/h3-8,13,15H,9-12,14H2,1-2H3,(H,21,24). The first-order valence-electron chi connectivity index (χ1n) is 8.82. The van der Waals surface area contributed by atoms with Gasteiger partial charge in [0.15, 0.2) is 0 Å². The van der Waals surface area contributed by atoms with Gasteiger partial charge >= 0.3 is 0 Å². The Kier molecular flexibility index (Phi) is 5.34. The lowest BCUT2D eigenvalue weighted by atomic mass is 10.0. The van der Waals surface area contributed by atoms with Crippen molar-refractivity contribution in [2.24, 2.45) is 0 Å². The van der Waals surface area contributed by atoms with Gasteiger partial charge in [-0.3, -0.25) is 14.5 Å². The summed E-state index contributed by atoms with van der Waals surface area (Å²) in [5, 5.41) is 0. The average Bonchev–Trinajstić information content (AvgIpc) is 2.64. The molecule has 2 aromatic rings. The Hall–Kier alpha value is -2.40. The van der Waals surface area contributed by atoms with Crippen LogP contribution < -0.4 is 5.56 Å². The van der Waals surface area contributed by atoms with Gasteiger partial charge in [-0.1, -0.05) is 32.0 Å². The van der Waals surface area contributed by atoms with Crippen molar-refractivity contribution in [2.45, 2.75) is 26.3 Å². The normalized spacial score (nSPS) is 15.6. The number of nitrogens with zero attached hydrogens (tertiary/aromatic N) is 2. The monoisotopic (exact) mass is 339 g/mol. The van der Waals surface area contributed by atoms with Crippen LogP contribution >= 0.6 is 0 Å². The molecule has 132 valence electrons. The van der Waals surface area contributed by atoms with Gasteiger partial charge in [0.1, 0.15) is 0 Å². The SMILES string of the molecule is CC(C)c1ccc(C(=O)N2CCN(Cc3ccc(=O)[nH]c3)CC2)cc1. The van der Waals surface area contributed by atoms with Gasteiger partial charge in [-0.2, -0.15) is 0 Å². The number of amides is 1. The minimum atomic E-state index is -0.0809. The fraction of sp³-hybridized carbons (Fsp3) is 0.400. The number of benzene rings is 1. The van der Waals surface area contributed by atoms with E-state index < -0.39 is 0 Å². The highest BCUT2D eigenvalue weighted by atomic mass is 16.2. The van der Waals surface area contributed by atoms with Gasteiger partial charge in [0.25, 0.3) is 5.91 Å². The Morgan fingerprint density at radius 2 is 1.72 bits per heavy atom. The molecule has 1 N–H and O–H groups in total. The number of hydrogen-bond donors (Lipinski definition) is 1. The number of hydrogen-bond acceptors (Lipinski definition) is 3. The zero-order chi connectivity index (χ0) is 17.8. The molecule has 0 saturated carbocycles. The highest BCUT2D eigenvalue weighted by molar-refractivity contribution is 5.94. The number of aromatic nitrogens is 1. The number of aromatic amines is 1. The van der Waals surface area contributed by atoms with Gasteiger partial charge in [0.05, 0.1) is 0 Å². The first-order chi connectivity index (χ1) is 12.0. The molecule has 0 unspecified atom stereocenters. The molecular weight excluding hydrogens is 314 g/mol. The fourth-order valence-electron chi connectivity index (χ4n) is 3.10. The second kappa shape index (κ2) is 7.66. The highest BCUT2D eigenvalue weighted by Gasteiger charge is 2.22. The van der Waals surface area contributed by atoms with Crippen LogP contribution in [-0.2, 0) is 6.54 Å². The predicted molar refractivity (Wildman–Crippen MR) is 98.8 cm³/mol. The lowest BCUT2D eigenvalue weighted by Crippen LogP contribution is -2.48. The summed E-state index contributed by atoms with van der Waals surface area (Å²) in [5.41, 5.74) is 3.02. The molecule has 0 aliphatic carbocycles. The van der Waals surface area contributed by atoms with Gasteiger partial charge in [-0.15, -0.1) is 0 Å². The van der Waals surface area contributed by atoms with Crippen molar-refractivity contribution in [3.05, 3.63) is 69.6 Å². The Morgan fingerprint density at radius 1 is 1.04 bits per heavy atom. The van der Waals surface area contributed by atoms with E-state index in [1.807, 2.05) is 35.2 Å². The largest absolute Gasteiger partial charge is 0.336 e. The smallest absolute Gasteiger partial charge is 0.253 e. The Labute approximate surface area is 148 Å². The van der Waals surface area contributed by atoms with E-state index >= 15 is 0 Å². The number of pyridine rings is 1. The molecule has 1 aromatic carbocycles. The van der Waals surface area contributed by atoms with Crippen LogP contribution in [0.4, 0.5) is 0 Å². The molecular formula is C20H25N3O2. The Morgan fingerprint density at radius 3 is 2.28 bits per heavy atom. The molecule has 2 heterocycles. The highest BCUT2D eigenvalue weighted by Crippen LogP contribution is 2.16. The number of nitrogens with one attached hydrogen (secondary N) is 1. The van der Waals surface area contributed by atoms with Gasteiger partial charge in [-0.25, -0.2) is 0 Å². The summed E-state index contributed by atoms with van der Waals surface area (Å²) >= 11 is 0. The van der Waals surface area contributed by atoms with Crippen molar-refractivity contribution in [3.8, 4) is 0 Å². The maximum atomic E-state index is 12.7. The lowest BCUT2D eigenvalue weighted by molar-refractivity contribution is 0.0628. The summed E-state index contributed by atoms with van der Waals surface area (Å²) in [6.07, 6.45) is 1.76. The van der Waals surface area contributed by atoms with Gasteiger partial charge in [0, 0.05) is 50.6 Å². The quantitative estimate of drug-likeness (QED) is 0.931. The number of H-pyrrole nitrogens is 1. The zero-order valence-electron chi connectivity index (χ0n) is 14.9. The Balaban J connectivity index is 1.55. The number of carbonyl (C=O) groups is 1. The van der Waals surface area contributed by atoms with Crippen LogP contribution in [0.15, 0.2) is 47.4 Å². The van der Waals surface area contributed by atoms with Crippen molar-refractivity contribution in [1.29, 1.82) is 0 Å².